The van der Waals surface area contributed by atoms with E-state index in [4.69, 9.17) is 10.5 Å². The molecule has 106 valence electrons. The van der Waals surface area contributed by atoms with Crippen LogP contribution in [-0.4, -0.2) is 37.2 Å². The predicted octanol–water partition coefficient (Wildman–Crippen LogP) is 2.50. The molecule has 0 radical (unpaired) electrons. The molecule has 3 nitrogen and oxygen atoms in total. The third kappa shape index (κ3) is 4.51. The van der Waals surface area contributed by atoms with Crippen molar-refractivity contribution in [3.05, 3.63) is 29.3 Å². The summed E-state index contributed by atoms with van der Waals surface area (Å²) in [4.78, 5) is 2.46. The number of nitrogens with zero attached hydrogens (tertiary/aromatic N) is 1. The summed E-state index contributed by atoms with van der Waals surface area (Å²) in [5.74, 6) is 0.985. The zero-order chi connectivity index (χ0) is 13.7. The van der Waals surface area contributed by atoms with E-state index in [2.05, 4.69) is 36.9 Å². The molecule has 19 heavy (non-hydrogen) atoms. The van der Waals surface area contributed by atoms with E-state index in [-0.39, 0.29) is 0 Å². The lowest BCUT2D eigenvalue weighted by Crippen LogP contribution is -2.43. The number of piperidine rings is 1. The van der Waals surface area contributed by atoms with Crippen LogP contribution < -0.4 is 10.5 Å². The molecule has 0 bridgehead atoms. The van der Waals surface area contributed by atoms with Crippen LogP contribution in [0, 0.1) is 13.8 Å². The first kappa shape index (κ1) is 14.4. The molecule has 1 saturated heterocycles. The topological polar surface area (TPSA) is 38.5 Å². The molecule has 0 aliphatic carbocycles. The molecule has 0 amide bonds. The number of rotatable bonds is 5. The molecule has 0 saturated carbocycles. The number of aryl methyl sites for hydroxylation is 2. The number of nitrogens with two attached hydrogens (primary N) is 1. The zero-order valence-electron chi connectivity index (χ0n) is 12.2. The number of hydrogen-bond acceptors (Lipinski definition) is 3. The van der Waals surface area contributed by atoms with Gasteiger partial charge in [0, 0.05) is 19.1 Å². The smallest absolute Gasteiger partial charge is 0.119 e. The van der Waals surface area contributed by atoms with Crippen LogP contribution in [0.3, 0.4) is 0 Å². The van der Waals surface area contributed by atoms with Crippen LogP contribution in [0.1, 0.15) is 30.4 Å². The Kier molecular flexibility index (Phi) is 5.23. The third-order valence-corrected chi connectivity index (χ3v) is 3.91. The molecular weight excluding hydrogens is 236 g/mol. The summed E-state index contributed by atoms with van der Waals surface area (Å²) in [5, 5.41) is 0. The van der Waals surface area contributed by atoms with Crippen LogP contribution in [0.4, 0.5) is 0 Å². The monoisotopic (exact) mass is 262 g/mol. The molecule has 1 fully saturated rings. The SMILES string of the molecule is Cc1ccc(OCCCN2CCC[C@@H](N)C2)cc1C. The van der Waals surface area contributed by atoms with Crippen LogP contribution >= 0.6 is 0 Å². The second kappa shape index (κ2) is 6.92. The highest BCUT2D eigenvalue weighted by Crippen LogP contribution is 2.16. The van der Waals surface area contributed by atoms with E-state index >= 15 is 0 Å². The summed E-state index contributed by atoms with van der Waals surface area (Å²) < 4.78 is 5.80. The van der Waals surface area contributed by atoms with Crippen molar-refractivity contribution in [2.75, 3.05) is 26.2 Å². The van der Waals surface area contributed by atoms with Gasteiger partial charge in [-0.2, -0.15) is 0 Å². The summed E-state index contributed by atoms with van der Waals surface area (Å²) in [7, 11) is 0. The number of ether oxygens (including phenoxy) is 1. The minimum atomic E-state index is 0.370. The Balaban J connectivity index is 1.67. The lowest BCUT2D eigenvalue weighted by Gasteiger charge is -2.30. The standard InChI is InChI=1S/C16H26N2O/c1-13-6-7-16(11-14(13)2)19-10-4-9-18-8-3-5-15(17)12-18/h6-7,11,15H,3-5,8-10,12,17H2,1-2H3/t15-/m1/s1. The Morgan fingerprint density at radius 3 is 2.89 bits per heavy atom. The molecule has 1 atom stereocenters. The van der Waals surface area contributed by atoms with Crippen LogP contribution in [0.15, 0.2) is 18.2 Å². The maximum atomic E-state index is 5.98. The molecule has 1 heterocycles. The normalized spacial score (nSPS) is 20.5. The van der Waals surface area contributed by atoms with Gasteiger partial charge in [-0.05, 0) is 62.9 Å². The first-order valence-corrected chi connectivity index (χ1v) is 7.33. The summed E-state index contributed by atoms with van der Waals surface area (Å²) in [5.41, 5.74) is 8.58. The van der Waals surface area contributed by atoms with E-state index in [9.17, 15) is 0 Å². The highest BCUT2D eigenvalue weighted by Gasteiger charge is 2.15. The van der Waals surface area contributed by atoms with Crippen molar-refractivity contribution in [2.45, 2.75) is 39.2 Å². The van der Waals surface area contributed by atoms with Gasteiger partial charge in [0.1, 0.15) is 5.75 Å². The molecule has 2 rings (SSSR count). The van der Waals surface area contributed by atoms with Gasteiger partial charge >= 0.3 is 0 Å². The second-order valence-corrected chi connectivity index (χ2v) is 5.65. The fraction of sp³-hybridized carbons (Fsp3) is 0.625. The van der Waals surface area contributed by atoms with E-state index < -0.39 is 0 Å². The van der Waals surface area contributed by atoms with Gasteiger partial charge in [0.15, 0.2) is 0 Å². The Bertz CT molecular complexity index is 406. The van der Waals surface area contributed by atoms with E-state index in [1.807, 2.05) is 0 Å². The van der Waals surface area contributed by atoms with Crippen molar-refractivity contribution >= 4 is 0 Å². The average Bonchev–Trinajstić information content (AvgIpc) is 2.39. The van der Waals surface area contributed by atoms with Gasteiger partial charge in [0.2, 0.25) is 0 Å². The maximum absolute atomic E-state index is 5.98. The highest BCUT2D eigenvalue weighted by atomic mass is 16.5. The summed E-state index contributed by atoms with van der Waals surface area (Å²) in [6.45, 7) is 8.36. The lowest BCUT2D eigenvalue weighted by molar-refractivity contribution is 0.190. The zero-order valence-corrected chi connectivity index (χ0v) is 12.2. The molecule has 1 aliphatic heterocycles. The van der Waals surface area contributed by atoms with Crippen molar-refractivity contribution in [3.63, 3.8) is 0 Å². The number of likely N-dealkylation sites (tertiary alicyclic amines) is 1. The van der Waals surface area contributed by atoms with Crippen LogP contribution in [-0.2, 0) is 0 Å². The molecular formula is C16H26N2O. The first-order valence-electron chi connectivity index (χ1n) is 7.33. The minimum absolute atomic E-state index is 0.370. The Morgan fingerprint density at radius 1 is 1.32 bits per heavy atom. The van der Waals surface area contributed by atoms with Gasteiger partial charge in [-0.3, -0.25) is 0 Å². The van der Waals surface area contributed by atoms with Crippen LogP contribution in [0.2, 0.25) is 0 Å². The second-order valence-electron chi connectivity index (χ2n) is 5.65. The Hall–Kier alpha value is -1.06. The molecule has 2 N–H and O–H groups in total. The molecule has 1 aromatic rings. The van der Waals surface area contributed by atoms with Gasteiger partial charge in [-0.1, -0.05) is 6.07 Å². The van der Waals surface area contributed by atoms with E-state index in [0.29, 0.717) is 6.04 Å². The number of hydrogen-bond donors (Lipinski definition) is 1. The fourth-order valence-corrected chi connectivity index (χ4v) is 2.58. The molecule has 1 aliphatic rings. The quantitative estimate of drug-likeness (QED) is 0.829. The summed E-state index contributed by atoms with van der Waals surface area (Å²) in [6.07, 6.45) is 3.48. The van der Waals surface area contributed by atoms with E-state index in [0.717, 1.165) is 31.9 Å². The van der Waals surface area contributed by atoms with Gasteiger partial charge in [-0.15, -0.1) is 0 Å². The van der Waals surface area contributed by atoms with Crippen molar-refractivity contribution in [2.24, 2.45) is 5.73 Å². The van der Waals surface area contributed by atoms with Crippen molar-refractivity contribution < 1.29 is 4.74 Å². The highest BCUT2D eigenvalue weighted by molar-refractivity contribution is 5.33. The van der Waals surface area contributed by atoms with E-state index in [1.54, 1.807) is 0 Å². The maximum Gasteiger partial charge on any atom is 0.119 e. The predicted molar refractivity (Wildman–Crippen MR) is 79.7 cm³/mol. The van der Waals surface area contributed by atoms with Crippen LogP contribution in [0.25, 0.3) is 0 Å². The fourth-order valence-electron chi connectivity index (χ4n) is 2.58. The molecule has 0 aromatic heterocycles. The van der Waals surface area contributed by atoms with Gasteiger partial charge in [0.05, 0.1) is 6.61 Å². The average molecular weight is 262 g/mol. The molecule has 1 aromatic carbocycles. The summed E-state index contributed by atoms with van der Waals surface area (Å²) >= 11 is 0. The summed E-state index contributed by atoms with van der Waals surface area (Å²) in [6, 6.07) is 6.66. The van der Waals surface area contributed by atoms with Crippen molar-refractivity contribution in [3.8, 4) is 5.75 Å². The van der Waals surface area contributed by atoms with Gasteiger partial charge < -0.3 is 15.4 Å². The third-order valence-electron chi connectivity index (χ3n) is 3.91. The van der Waals surface area contributed by atoms with E-state index in [1.165, 1.54) is 30.5 Å². The van der Waals surface area contributed by atoms with Gasteiger partial charge in [0.25, 0.3) is 0 Å². The van der Waals surface area contributed by atoms with Crippen molar-refractivity contribution in [1.82, 2.24) is 4.90 Å². The largest absolute Gasteiger partial charge is 0.494 e. The molecule has 0 spiro atoms. The van der Waals surface area contributed by atoms with Crippen molar-refractivity contribution in [1.29, 1.82) is 0 Å². The minimum Gasteiger partial charge on any atom is -0.494 e. The Labute approximate surface area is 116 Å². The first-order chi connectivity index (χ1) is 9.15. The molecule has 3 heteroatoms. The van der Waals surface area contributed by atoms with Crippen LogP contribution in [0.5, 0.6) is 5.75 Å². The number of benzene rings is 1. The Morgan fingerprint density at radius 2 is 2.16 bits per heavy atom. The lowest BCUT2D eigenvalue weighted by atomic mass is 10.1. The van der Waals surface area contributed by atoms with Gasteiger partial charge in [-0.25, -0.2) is 0 Å². The molecule has 0 unspecified atom stereocenters.